The van der Waals surface area contributed by atoms with Crippen LogP contribution in [0.1, 0.15) is 5.56 Å². The van der Waals surface area contributed by atoms with Gasteiger partial charge in [0.2, 0.25) is 11.0 Å². The Bertz CT molecular complexity index is 636. The zero-order chi connectivity index (χ0) is 14.5. The van der Waals surface area contributed by atoms with Gasteiger partial charge < -0.3 is 10.1 Å². The van der Waals surface area contributed by atoms with Crippen LogP contribution in [0.2, 0.25) is 5.15 Å². The van der Waals surface area contributed by atoms with E-state index in [4.69, 9.17) is 16.3 Å². The molecule has 1 heterocycles. The Morgan fingerprint density at radius 2 is 2.15 bits per heavy atom. The van der Waals surface area contributed by atoms with Gasteiger partial charge in [0.1, 0.15) is 12.1 Å². The molecule has 20 heavy (non-hydrogen) atoms. The van der Waals surface area contributed by atoms with Crippen LogP contribution in [-0.4, -0.2) is 22.0 Å². The minimum atomic E-state index is -0.618. The number of nitrogens with one attached hydrogen (secondary N) is 1. The lowest BCUT2D eigenvalue weighted by molar-refractivity contribution is -0.384. The van der Waals surface area contributed by atoms with E-state index in [1.807, 2.05) is 18.2 Å². The highest BCUT2D eigenvalue weighted by Gasteiger charge is 2.21. The molecule has 0 amide bonds. The molecule has 0 aliphatic carbocycles. The number of aromatic nitrogens is 2. The fourth-order valence-electron chi connectivity index (χ4n) is 1.68. The van der Waals surface area contributed by atoms with Crippen molar-refractivity contribution in [1.29, 1.82) is 0 Å². The first kappa shape index (κ1) is 14.0. The predicted octanol–water partition coefficient (Wildman–Crippen LogP) is 2.66. The van der Waals surface area contributed by atoms with Crippen molar-refractivity contribution >= 4 is 23.1 Å². The van der Waals surface area contributed by atoms with Crippen LogP contribution in [0.5, 0.6) is 5.75 Å². The first-order valence-electron chi connectivity index (χ1n) is 5.64. The van der Waals surface area contributed by atoms with E-state index < -0.39 is 4.92 Å². The van der Waals surface area contributed by atoms with Gasteiger partial charge in [-0.1, -0.05) is 29.8 Å². The molecule has 1 aromatic heterocycles. The van der Waals surface area contributed by atoms with Crippen molar-refractivity contribution in [3.05, 3.63) is 51.4 Å². The van der Waals surface area contributed by atoms with Crippen molar-refractivity contribution in [1.82, 2.24) is 9.97 Å². The van der Waals surface area contributed by atoms with E-state index in [1.165, 1.54) is 6.33 Å². The first-order valence-corrected chi connectivity index (χ1v) is 6.02. The summed E-state index contributed by atoms with van der Waals surface area (Å²) in [6, 6.07) is 7.34. The van der Waals surface area contributed by atoms with Gasteiger partial charge in [-0.2, -0.15) is 0 Å². The highest BCUT2D eigenvalue weighted by molar-refractivity contribution is 6.31. The molecular formula is C12H11ClN4O3. The molecule has 2 rings (SSSR count). The lowest BCUT2D eigenvalue weighted by atomic mass is 10.2. The maximum atomic E-state index is 11.0. The van der Waals surface area contributed by atoms with Crippen molar-refractivity contribution < 1.29 is 9.66 Å². The quantitative estimate of drug-likeness (QED) is 0.518. The van der Waals surface area contributed by atoms with Crippen LogP contribution in [0.25, 0.3) is 0 Å². The number of rotatable bonds is 5. The number of methoxy groups -OCH3 is 1. The molecule has 0 fully saturated rings. The van der Waals surface area contributed by atoms with Gasteiger partial charge in [-0.3, -0.25) is 10.1 Å². The highest BCUT2D eigenvalue weighted by atomic mass is 35.5. The third kappa shape index (κ3) is 2.94. The van der Waals surface area contributed by atoms with Crippen molar-refractivity contribution in [2.75, 3.05) is 12.4 Å². The number of hydrogen-bond acceptors (Lipinski definition) is 6. The number of halogens is 1. The summed E-state index contributed by atoms with van der Waals surface area (Å²) in [5.41, 5.74) is 0.503. The third-order valence-corrected chi connectivity index (χ3v) is 2.88. The van der Waals surface area contributed by atoms with E-state index >= 15 is 0 Å². The smallest absolute Gasteiger partial charge is 0.348 e. The van der Waals surface area contributed by atoms with Crippen LogP contribution >= 0.6 is 11.6 Å². The van der Waals surface area contributed by atoms with E-state index in [0.717, 1.165) is 5.56 Å². The molecule has 0 spiro atoms. The number of anilines is 1. The molecule has 7 nitrogen and oxygen atoms in total. The topological polar surface area (TPSA) is 90.2 Å². The lowest BCUT2D eigenvalue weighted by Gasteiger charge is -2.10. The number of nitro groups is 1. The molecule has 1 aromatic carbocycles. The molecule has 0 aliphatic rings. The minimum absolute atomic E-state index is 0.0703. The minimum Gasteiger partial charge on any atom is -0.496 e. The Morgan fingerprint density at radius 3 is 2.85 bits per heavy atom. The van der Waals surface area contributed by atoms with Gasteiger partial charge in [0, 0.05) is 12.1 Å². The number of hydrogen-bond donors (Lipinski definition) is 1. The second-order valence-electron chi connectivity index (χ2n) is 3.78. The van der Waals surface area contributed by atoms with Crippen LogP contribution in [-0.2, 0) is 6.54 Å². The van der Waals surface area contributed by atoms with Crippen LogP contribution in [0.4, 0.5) is 11.5 Å². The SMILES string of the molecule is COc1ccccc1CNc1ncnc(Cl)c1[N+](=O)[O-]. The van der Waals surface area contributed by atoms with Gasteiger partial charge in [0.15, 0.2) is 0 Å². The van der Waals surface area contributed by atoms with Gasteiger partial charge >= 0.3 is 5.69 Å². The van der Waals surface area contributed by atoms with Gasteiger partial charge in [0.25, 0.3) is 0 Å². The summed E-state index contributed by atoms with van der Waals surface area (Å²) >= 11 is 5.71. The van der Waals surface area contributed by atoms with Crippen molar-refractivity contribution in [3.8, 4) is 5.75 Å². The summed E-state index contributed by atoms with van der Waals surface area (Å²) in [7, 11) is 1.56. The molecule has 0 atom stereocenters. The maximum absolute atomic E-state index is 11.0. The average Bonchev–Trinajstić information content (AvgIpc) is 2.45. The van der Waals surface area contributed by atoms with E-state index in [2.05, 4.69) is 15.3 Å². The van der Waals surface area contributed by atoms with Gasteiger partial charge in [0.05, 0.1) is 12.0 Å². The second kappa shape index (κ2) is 6.16. The lowest BCUT2D eigenvalue weighted by Crippen LogP contribution is -2.06. The molecule has 8 heteroatoms. The summed E-state index contributed by atoms with van der Waals surface area (Å²) in [5, 5.41) is 13.6. The highest BCUT2D eigenvalue weighted by Crippen LogP contribution is 2.29. The van der Waals surface area contributed by atoms with Crippen LogP contribution < -0.4 is 10.1 Å². The Morgan fingerprint density at radius 1 is 1.40 bits per heavy atom. The maximum Gasteiger partial charge on any atom is 0.348 e. The molecule has 0 radical (unpaired) electrons. The molecule has 0 aliphatic heterocycles. The van der Waals surface area contributed by atoms with E-state index in [9.17, 15) is 10.1 Å². The summed E-state index contributed by atoms with van der Waals surface area (Å²) in [6.45, 7) is 0.318. The van der Waals surface area contributed by atoms with Crippen molar-refractivity contribution in [2.45, 2.75) is 6.54 Å². The number of para-hydroxylation sites is 1. The third-order valence-electron chi connectivity index (χ3n) is 2.60. The number of ether oxygens (including phenoxy) is 1. The van der Waals surface area contributed by atoms with E-state index in [1.54, 1.807) is 13.2 Å². The largest absolute Gasteiger partial charge is 0.496 e. The predicted molar refractivity (Wildman–Crippen MR) is 74.0 cm³/mol. The molecule has 104 valence electrons. The number of benzene rings is 1. The summed E-state index contributed by atoms with van der Waals surface area (Å²) in [6.07, 6.45) is 1.17. The van der Waals surface area contributed by atoms with Gasteiger partial charge in [-0.15, -0.1) is 0 Å². The zero-order valence-electron chi connectivity index (χ0n) is 10.5. The monoisotopic (exact) mass is 294 g/mol. The fourth-order valence-corrected chi connectivity index (χ4v) is 1.88. The standard InChI is InChI=1S/C12H11ClN4O3/c1-20-9-5-3-2-4-8(9)6-14-12-10(17(18)19)11(13)15-7-16-12/h2-5,7H,6H2,1H3,(H,14,15,16). The van der Waals surface area contributed by atoms with E-state index in [0.29, 0.717) is 12.3 Å². The van der Waals surface area contributed by atoms with Crippen LogP contribution in [0, 0.1) is 10.1 Å². The second-order valence-corrected chi connectivity index (χ2v) is 4.14. The summed E-state index contributed by atoms with van der Waals surface area (Å²) in [4.78, 5) is 17.8. The van der Waals surface area contributed by atoms with Gasteiger partial charge in [-0.05, 0) is 6.07 Å². The Hall–Kier alpha value is -2.41. The van der Waals surface area contributed by atoms with Crippen LogP contribution in [0.3, 0.4) is 0 Å². The Kier molecular flexibility index (Phi) is 4.31. The Labute approximate surface area is 119 Å². The molecule has 0 bridgehead atoms. The number of nitrogens with zero attached hydrogens (tertiary/aromatic N) is 3. The molecule has 1 N–H and O–H groups in total. The first-order chi connectivity index (χ1) is 9.63. The van der Waals surface area contributed by atoms with E-state index in [-0.39, 0.29) is 16.7 Å². The molecule has 2 aromatic rings. The van der Waals surface area contributed by atoms with Gasteiger partial charge in [-0.25, -0.2) is 9.97 Å². The van der Waals surface area contributed by atoms with Crippen molar-refractivity contribution in [2.24, 2.45) is 0 Å². The zero-order valence-corrected chi connectivity index (χ0v) is 11.3. The van der Waals surface area contributed by atoms with Crippen LogP contribution in [0.15, 0.2) is 30.6 Å². The Balaban J connectivity index is 2.23. The molecule has 0 saturated heterocycles. The summed E-state index contributed by atoms with van der Waals surface area (Å²) < 4.78 is 5.20. The van der Waals surface area contributed by atoms with Crippen molar-refractivity contribution in [3.63, 3.8) is 0 Å². The molecule has 0 unspecified atom stereocenters. The summed E-state index contributed by atoms with van der Waals surface area (Å²) in [5.74, 6) is 0.753. The average molecular weight is 295 g/mol. The normalized spacial score (nSPS) is 10.1. The fraction of sp³-hybridized carbons (Fsp3) is 0.167. The molecule has 0 saturated carbocycles. The molecular weight excluding hydrogens is 284 g/mol.